The quantitative estimate of drug-likeness (QED) is 0.340. The molecular formula is C13H19NO6. The number of carbonyl (C=O) groups is 4. The van der Waals surface area contributed by atoms with E-state index in [1.165, 1.54) is 6.92 Å². The van der Waals surface area contributed by atoms with Crippen LogP contribution in [0.1, 0.15) is 32.6 Å². The molecule has 0 spiro atoms. The van der Waals surface area contributed by atoms with Gasteiger partial charge >= 0.3 is 11.9 Å². The van der Waals surface area contributed by atoms with Crippen molar-refractivity contribution in [3.05, 3.63) is 12.2 Å². The van der Waals surface area contributed by atoms with Gasteiger partial charge in [-0.1, -0.05) is 6.58 Å². The molecule has 0 aliphatic rings. The van der Waals surface area contributed by atoms with Crippen molar-refractivity contribution in [1.82, 2.24) is 0 Å². The van der Waals surface area contributed by atoms with E-state index in [4.69, 9.17) is 15.6 Å². The summed E-state index contributed by atoms with van der Waals surface area (Å²) >= 11 is 0. The SMILES string of the molecule is C=C(C)C(=O)OCCCC(=O)CC(CC(N)=O)C(=O)O. The first kappa shape index (κ1) is 17.8. The molecule has 0 bridgehead atoms. The number of hydrogen-bond acceptors (Lipinski definition) is 5. The Bertz CT molecular complexity index is 415. The van der Waals surface area contributed by atoms with Crippen LogP contribution in [0.3, 0.4) is 0 Å². The molecule has 7 heteroatoms. The Labute approximate surface area is 116 Å². The molecular weight excluding hydrogens is 266 g/mol. The smallest absolute Gasteiger partial charge is 0.333 e. The molecule has 1 amide bonds. The highest BCUT2D eigenvalue weighted by Gasteiger charge is 2.23. The Morgan fingerprint density at radius 2 is 1.85 bits per heavy atom. The molecule has 0 aromatic rings. The molecule has 0 heterocycles. The molecule has 0 aliphatic carbocycles. The lowest BCUT2D eigenvalue weighted by Gasteiger charge is -2.09. The average molecular weight is 285 g/mol. The number of rotatable bonds is 10. The molecule has 7 nitrogen and oxygen atoms in total. The van der Waals surface area contributed by atoms with Crippen molar-refractivity contribution in [2.45, 2.75) is 32.6 Å². The van der Waals surface area contributed by atoms with Crippen LogP contribution >= 0.6 is 0 Å². The monoisotopic (exact) mass is 285 g/mol. The number of carboxylic acid groups (broad SMARTS) is 1. The predicted octanol–water partition coefficient (Wildman–Crippen LogP) is 0.421. The lowest BCUT2D eigenvalue weighted by molar-refractivity contribution is -0.145. The van der Waals surface area contributed by atoms with Gasteiger partial charge < -0.3 is 15.6 Å². The maximum atomic E-state index is 11.5. The van der Waals surface area contributed by atoms with Gasteiger partial charge in [0.15, 0.2) is 0 Å². The van der Waals surface area contributed by atoms with Gasteiger partial charge in [0.25, 0.3) is 0 Å². The predicted molar refractivity (Wildman–Crippen MR) is 69.6 cm³/mol. The van der Waals surface area contributed by atoms with Crippen LogP contribution in [0.5, 0.6) is 0 Å². The summed E-state index contributed by atoms with van der Waals surface area (Å²) in [4.78, 5) is 44.1. The van der Waals surface area contributed by atoms with Gasteiger partial charge in [-0.15, -0.1) is 0 Å². The van der Waals surface area contributed by atoms with Gasteiger partial charge in [-0.3, -0.25) is 14.4 Å². The number of hydrogen-bond donors (Lipinski definition) is 2. The summed E-state index contributed by atoms with van der Waals surface area (Å²) in [5.74, 6) is -3.94. The average Bonchev–Trinajstić information content (AvgIpc) is 2.32. The number of carboxylic acids is 1. The maximum absolute atomic E-state index is 11.5. The van der Waals surface area contributed by atoms with Crippen LogP contribution in [0.4, 0.5) is 0 Å². The minimum Gasteiger partial charge on any atom is -0.481 e. The summed E-state index contributed by atoms with van der Waals surface area (Å²) < 4.78 is 4.79. The summed E-state index contributed by atoms with van der Waals surface area (Å²) in [6, 6.07) is 0. The van der Waals surface area contributed by atoms with Crippen molar-refractivity contribution in [2.75, 3.05) is 6.61 Å². The third-order valence-electron chi connectivity index (χ3n) is 2.45. The van der Waals surface area contributed by atoms with E-state index in [9.17, 15) is 19.2 Å². The van der Waals surface area contributed by atoms with E-state index in [-0.39, 0.29) is 37.2 Å². The topological polar surface area (TPSA) is 124 Å². The first-order valence-electron chi connectivity index (χ1n) is 6.09. The molecule has 112 valence electrons. The largest absolute Gasteiger partial charge is 0.481 e. The van der Waals surface area contributed by atoms with E-state index < -0.39 is 23.8 Å². The highest BCUT2D eigenvalue weighted by molar-refractivity contribution is 5.88. The molecule has 0 aliphatic heterocycles. The summed E-state index contributed by atoms with van der Waals surface area (Å²) in [5, 5.41) is 8.84. The van der Waals surface area contributed by atoms with Gasteiger partial charge in [0.1, 0.15) is 5.78 Å². The molecule has 0 fully saturated rings. The van der Waals surface area contributed by atoms with E-state index in [1.54, 1.807) is 0 Å². The number of ketones is 1. The summed E-state index contributed by atoms with van der Waals surface area (Å²) in [7, 11) is 0. The van der Waals surface area contributed by atoms with E-state index >= 15 is 0 Å². The second-order valence-corrected chi connectivity index (χ2v) is 4.47. The fourth-order valence-electron chi connectivity index (χ4n) is 1.42. The number of carbonyl (C=O) groups excluding carboxylic acids is 3. The first-order chi connectivity index (χ1) is 9.23. The number of ether oxygens (including phenoxy) is 1. The van der Waals surface area contributed by atoms with Crippen molar-refractivity contribution in [3.63, 3.8) is 0 Å². The Balaban J connectivity index is 4.03. The molecule has 0 saturated carbocycles. The molecule has 0 rings (SSSR count). The summed E-state index contributed by atoms with van der Waals surface area (Å²) in [6.45, 7) is 4.97. The van der Waals surface area contributed by atoms with Crippen molar-refractivity contribution in [3.8, 4) is 0 Å². The number of aliphatic carboxylic acids is 1. The molecule has 0 saturated heterocycles. The van der Waals surface area contributed by atoms with E-state index in [1.807, 2.05) is 0 Å². The van der Waals surface area contributed by atoms with Crippen LogP contribution in [0.2, 0.25) is 0 Å². The molecule has 1 atom stereocenters. The fraction of sp³-hybridized carbons (Fsp3) is 0.538. The summed E-state index contributed by atoms with van der Waals surface area (Å²) in [6.07, 6.45) is -0.259. The Morgan fingerprint density at radius 1 is 1.25 bits per heavy atom. The minimum atomic E-state index is -1.23. The third kappa shape index (κ3) is 8.02. The zero-order chi connectivity index (χ0) is 15.7. The van der Waals surface area contributed by atoms with Crippen molar-refractivity contribution in [1.29, 1.82) is 0 Å². The fourth-order valence-corrected chi connectivity index (χ4v) is 1.42. The second-order valence-electron chi connectivity index (χ2n) is 4.47. The van der Waals surface area contributed by atoms with Crippen molar-refractivity contribution >= 4 is 23.6 Å². The van der Waals surface area contributed by atoms with E-state index in [2.05, 4.69) is 6.58 Å². The van der Waals surface area contributed by atoms with Crippen LogP contribution < -0.4 is 5.73 Å². The second kappa shape index (κ2) is 8.84. The summed E-state index contributed by atoms with van der Waals surface area (Å²) in [5.41, 5.74) is 5.18. The Hall–Kier alpha value is -2.18. The molecule has 20 heavy (non-hydrogen) atoms. The van der Waals surface area contributed by atoms with Gasteiger partial charge in [-0.05, 0) is 13.3 Å². The Morgan fingerprint density at radius 3 is 2.30 bits per heavy atom. The lowest BCUT2D eigenvalue weighted by atomic mass is 9.97. The minimum absolute atomic E-state index is 0.0605. The van der Waals surface area contributed by atoms with Crippen LogP contribution in [0, 0.1) is 5.92 Å². The van der Waals surface area contributed by atoms with Gasteiger partial charge in [0, 0.05) is 24.8 Å². The maximum Gasteiger partial charge on any atom is 0.333 e. The van der Waals surface area contributed by atoms with Gasteiger partial charge in [-0.2, -0.15) is 0 Å². The van der Waals surface area contributed by atoms with Gasteiger partial charge in [0.05, 0.1) is 12.5 Å². The van der Waals surface area contributed by atoms with Crippen LogP contribution in [0.25, 0.3) is 0 Å². The van der Waals surface area contributed by atoms with Crippen molar-refractivity contribution in [2.24, 2.45) is 11.7 Å². The normalized spacial score (nSPS) is 11.4. The van der Waals surface area contributed by atoms with Gasteiger partial charge in [-0.25, -0.2) is 4.79 Å². The Kier molecular flexibility index (Phi) is 7.88. The number of Topliss-reactive ketones (excluding diaryl/α,β-unsaturated/α-hetero) is 1. The van der Waals surface area contributed by atoms with Gasteiger partial charge in [0.2, 0.25) is 5.91 Å². The number of primary amides is 1. The van der Waals surface area contributed by atoms with E-state index in [0.717, 1.165) is 0 Å². The molecule has 0 aromatic heterocycles. The number of amides is 1. The molecule has 1 unspecified atom stereocenters. The lowest BCUT2D eigenvalue weighted by Crippen LogP contribution is -2.24. The van der Waals surface area contributed by atoms with Crippen LogP contribution in [-0.4, -0.2) is 35.3 Å². The standard InChI is InChI=1S/C13H19NO6/c1-8(2)13(19)20-5-3-4-10(15)6-9(12(17)18)7-11(14)16/h9H,1,3-7H2,2H3,(H2,14,16)(H,17,18). The number of nitrogens with two attached hydrogens (primary N) is 1. The van der Waals surface area contributed by atoms with Crippen LogP contribution in [-0.2, 0) is 23.9 Å². The molecule has 0 radical (unpaired) electrons. The molecule has 0 aromatic carbocycles. The van der Waals surface area contributed by atoms with Crippen LogP contribution in [0.15, 0.2) is 12.2 Å². The first-order valence-corrected chi connectivity index (χ1v) is 6.09. The van der Waals surface area contributed by atoms with E-state index in [0.29, 0.717) is 6.42 Å². The highest BCUT2D eigenvalue weighted by atomic mass is 16.5. The number of esters is 1. The van der Waals surface area contributed by atoms with Crippen molar-refractivity contribution < 1.29 is 29.0 Å². The highest BCUT2D eigenvalue weighted by Crippen LogP contribution is 2.11. The zero-order valence-electron chi connectivity index (χ0n) is 11.4. The third-order valence-corrected chi connectivity index (χ3v) is 2.45. The zero-order valence-corrected chi connectivity index (χ0v) is 11.4. The molecule has 3 N–H and O–H groups in total.